The molecule has 0 saturated heterocycles. The molecule has 120 valence electrons. The maximum atomic E-state index is 11.9. The van der Waals surface area contributed by atoms with E-state index in [4.69, 9.17) is 9.47 Å². The standard InChI is InChI=1S/C17H28O4/c1-7-15(2,3)13(18)21-14(19)20-12-10-11-8-9-17(12,6)16(11,4)5/h11-12H,7-10H2,1-6H3. The van der Waals surface area contributed by atoms with Gasteiger partial charge in [0.2, 0.25) is 0 Å². The van der Waals surface area contributed by atoms with E-state index in [9.17, 15) is 9.59 Å². The van der Waals surface area contributed by atoms with Crippen LogP contribution in [0.3, 0.4) is 0 Å². The van der Waals surface area contributed by atoms with Gasteiger partial charge >= 0.3 is 12.1 Å². The van der Waals surface area contributed by atoms with E-state index in [1.54, 1.807) is 13.8 Å². The smallest absolute Gasteiger partial charge is 0.430 e. The average molecular weight is 296 g/mol. The Morgan fingerprint density at radius 1 is 1.24 bits per heavy atom. The van der Waals surface area contributed by atoms with Gasteiger partial charge in [0.05, 0.1) is 5.41 Å². The lowest BCUT2D eigenvalue weighted by Gasteiger charge is -2.38. The monoisotopic (exact) mass is 296 g/mol. The highest BCUT2D eigenvalue weighted by atomic mass is 16.7. The highest BCUT2D eigenvalue weighted by Gasteiger charge is 2.63. The molecule has 4 nitrogen and oxygen atoms in total. The normalized spacial score (nSPS) is 33.8. The second-order valence-corrected chi connectivity index (χ2v) is 8.09. The number of fused-ring (bicyclic) bond motifs is 2. The molecule has 0 N–H and O–H groups in total. The van der Waals surface area contributed by atoms with Gasteiger partial charge in [-0.2, -0.15) is 0 Å². The maximum Gasteiger partial charge on any atom is 0.516 e. The minimum absolute atomic E-state index is 0.0139. The minimum atomic E-state index is -0.837. The van der Waals surface area contributed by atoms with Gasteiger partial charge in [-0.15, -0.1) is 0 Å². The van der Waals surface area contributed by atoms with Crippen molar-refractivity contribution in [3.05, 3.63) is 0 Å². The van der Waals surface area contributed by atoms with Crippen LogP contribution < -0.4 is 0 Å². The lowest BCUT2D eigenvalue weighted by atomic mass is 9.70. The van der Waals surface area contributed by atoms with E-state index < -0.39 is 17.5 Å². The fraction of sp³-hybridized carbons (Fsp3) is 0.882. The predicted octanol–water partition coefficient (Wildman–Crippen LogP) is 4.32. The molecule has 2 aliphatic rings. The van der Waals surface area contributed by atoms with Gasteiger partial charge in [0.1, 0.15) is 6.10 Å². The van der Waals surface area contributed by atoms with Gasteiger partial charge in [-0.25, -0.2) is 4.79 Å². The van der Waals surface area contributed by atoms with Crippen LogP contribution in [0.2, 0.25) is 0 Å². The lowest BCUT2D eigenvalue weighted by Crippen LogP contribution is -2.39. The number of rotatable bonds is 3. The first-order valence-electron chi connectivity index (χ1n) is 7.97. The molecule has 0 aromatic heterocycles. The van der Waals surface area contributed by atoms with Crippen molar-refractivity contribution in [2.45, 2.75) is 73.3 Å². The molecule has 21 heavy (non-hydrogen) atoms. The summed E-state index contributed by atoms with van der Waals surface area (Å²) in [6.07, 6.45) is 2.78. The second-order valence-electron chi connectivity index (χ2n) is 8.09. The summed E-state index contributed by atoms with van der Waals surface area (Å²) in [6, 6.07) is 0. The molecule has 2 fully saturated rings. The topological polar surface area (TPSA) is 52.6 Å². The summed E-state index contributed by atoms with van der Waals surface area (Å²) >= 11 is 0. The van der Waals surface area contributed by atoms with E-state index >= 15 is 0 Å². The van der Waals surface area contributed by atoms with Crippen LogP contribution in [0.15, 0.2) is 0 Å². The fourth-order valence-electron chi connectivity index (χ4n) is 3.81. The maximum absolute atomic E-state index is 11.9. The Kier molecular flexibility index (Phi) is 3.88. The summed E-state index contributed by atoms with van der Waals surface area (Å²) < 4.78 is 10.4. The summed E-state index contributed by atoms with van der Waals surface area (Å²) in [5.74, 6) is 0.0747. The van der Waals surface area contributed by atoms with Crippen molar-refractivity contribution < 1.29 is 19.1 Å². The molecular formula is C17H28O4. The number of ether oxygens (including phenoxy) is 2. The van der Waals surface area contributed by atoms with Gasteiger partial charge in [-0.1, -0.05) is 27.7 Å². The average Bonchev–Trinajstić information content (AvgIpc) is 2.71. The molecule has 2 bridgehead atoms. The van der Waals surface area contributed by atoms with Crippen LogP contribution >= 0.6 is 0 Å². The Morgan fingerprint density at radius 3 is 2.29 bits per heavy atom. The molecule has 0 heterocycles. The Labute approximate surface area is 127 Å². The number of carbonyl (C=O) groups excluding carboxylic acids is 2. The van der Waals surface area contributed by atoms with E-state index in [-0.39, 0.29) is 16.9 Å². The molecule has 0 spiro atoms. The third-order valence-electron chi connectivity index (χ3n) is 6.56. The van der Waals surface area contributed by atoms with E-state index in [1.807, 2.05) is 6.92 Å². The van der Waals surface area contributed by atoms with Gasteiger partial charge in [-0.05, 0) is 50.9 Å². The summed E-state index contributed by atoms with van der Waals surface area (Å²) in [6.45, 7) is 12.1. The molecule has 2 saturated carbocycles. The molecular weight excluding hydrogens is 268 g/mol. The third kappa shape index (κ3) is 2.47. The zero-order valence-electron chi connectivity index (χ0n) is 14.1. The van der Waals surface area contributed by atoms with Crippen molar-refractivity contribution in [1.82, 2.24) is 0 Å². The quantitative estimate of drug-likeness (QED) is 0.575. The van der Waals surface area contributed by atoms with Crippen LogP contribution in [0.25, 0.3) is 0 Å². The van der Waals surface area contributed by atoms with Gasteiger partial charge in [0.15, 0.2) is 0 Å². The van der Waals surface area contributed by atoms with E-state index in [1.165, 1.54) is 6.42 Å². The van der Waals surface area contributed by atoms with E-state index in [0.29, 0.717) is 12.3 Å². The molecule has 3 unspecified atom stereocenters. The van der Waals surface area contributed by atoms with Crippen molar-refractivity contribution in [1.29, 1.82) is 0 Å². The molecule has 0 aromatic rings. The molecule has 2 rings (SSSR count). The summed E-state index contributed by atoms with van der Waals surface area (Å²) in [5, 5.41) is 0. The Hall–Kier alpha value is -1.06. The van der Waals surface area contributed by atoms with Crippen molar-refractivity contribution in [2.75, 3.05) is 0 Å². The first-order chi connectivity index (χ1) is 9.54. The Balaban J connectivity index is 1.98. The van der Waals surface area contributed by atoms with Crippen molar-refractivity contribution in [2.24, 2.45) is 22.2 Å². The van der Waals surface area contributed by atoms with Crippen LogP contribution in [-0.4, -0.2) is 18.2 Å². The fourth-order valence-corrected chi connectivity index (χ4v) is 3.81. The lowest BCUT2D eigenvalue weighted by molar-refractivity contribution is -0.151. The van der Waals surface area contributed by atoms with Crippen molar-refractivity contribution in [3.63, 3.8) is 0 Å². The SMILES string of the molecule is CCC(C)(C)C(=O)OC(=O)OC1CC2CCC1(C)C2(C)C. The van der Waals surface area contributed by atoms with Crippen molar-refractivity contribution in [3.8, 4) is 0 Å². The van der Waals surface area contributed by atoms with Gasteiger partial charge in [-0.3, -0.25) is 4.79 Å². The highest BCUT2D eigenvalue weighted by molar-refractivity contribution is 5.85. The zero-order valence-corrected chi connectivity index (χ0v) is 14.1. The largest absolute Gasteiger partial charge is 0.516 e. The second kappa shape index (κ2) is 4.99. The molecule has 2 aliphatic carbocycles. The number of hydrogen-bond acceptors (Lipinski definition) is 4. The first-order valence-corrected chi connectivity index (χ1v) is 7.97. The number of carbonyl (C=O) groups is 2. The predicted molar refractivity (Wildman–Crippen MR) is 79.7 cm³/mol. The zero-order chi connectivity index (χ0) is 16.1. The van der Waals surface area contributed by atoms with E-state index in [0.717, 1.165) is 12.8 Å². The van der Waals surface area contributed by atoms with Gasteiger partial charge in [0.25, 0.3) is 0 Å². The minimum Gasteiger partial charge on any atom is -0.430 e. The van der Waals surface area contributed by atoms with Crippen molar-refractivity contribution >= 4 is 12.1 Å². The molecule has 3 atom stereocenters. The Bertz CT molecular complexity index is 452. The highest BCUT2D eigenvalue weighted by Crippen LogP contribution is 2.66. The number of hydrogen-bond donors (Lipinski definition) is 0. The Morgan fingerprint density at radius 2 is 1.86 bits per heavy atom. The van der Waals surface area contributed by atoms with Gasteiger partial charge in [0, 0.05) is 5.41 Å². The molecule has 0 aromatic carbocycles. The van der Waals surface area contributed by atoms with Crippen LogP contribution in [0, 0.1) is 22.2 Å². The van der Waals surface area contributed by atoms with Crippen LogP contribution in [0.1, 0.15) is 67.2 Å². The van der Waals surface area contributed by atoms with Crippen LogP contribution in [0.5, 0.6) is 0 Å². The van der Waals surface area contributed by atoms with Crippen LogP contribution in [-0.2, 0) is 14.3 Å². The summed E-state index contributed by atoms with van der Waals surface area (Å²) in [7, 11) is 0. The van der Waals surface area contributed by atoms with Gasteiger partial charge < -0.3 is 9.47 Å². The summed E-state index contributed by atoms with van der Waals surface area (Å²) in [4.78, 5) is 23.9. The third-order valence-corrected chi connectivity index (χ3v) is 6.56. The molecule has 0 amide bonds. The molecule has 0 radical (unpaired) electrons. The van der Waals surface area contributed by atoms with Crippen LogP contribution in [0.4, 0.5) is 4.79 Å². The first kappa shape index (κ1) is 16.3. The van der Waals surface area contributed by atoms with E-state index in [2.05, 4.69) is 20.8 Å². The molecule has 0 aliphatic heterocycles. The number of esters is 1. The summed E-state index contributed by atoms with van der Waals surface area (Å²) in [5.41, 5.74) is -0.498. The molecule has 4 heteroatoms.